The van der Waals surface area contributed by atoms with Gasteiger partial charge in [-0.05, 0) is 55.2 Å². The van der Waals surface area contributed by atoms with Gasteiger partial charge >= 0.3 is 6.03 Å². The quantitative estimate of drug-likeness (QED) is 0.0865. The molecule has 20 nitrogen and oxygen atoms in total. The zero-order chi connectivity index (χ0) is 51.1. The number of aliphatic hydroxyl groups excluding tert-OH is 1. The van der Waals surface area contributed by atoms with E-state index in [1.165, 1.54) is 35.3 Å². The summed E-state index contributed by atoms with van der Waals surface area (Å²) < 4.78 is 0. The standard InChI is InChI=1S/C50H69N11O9/c1-8-18-35(40(62)46(67)53-30(2)42(63)58-39(48(69)60(6)7)32-21-14-10-15-22-32)55-43(64)34-28-61(49(70)54-33-23-16-11-17-24-33)29-37(34)56-47(68)41(50(3,4)5)59-45(66)38(31-19-12-9-13-20-31)57-44(65)36-27-51-25-26-52-36/h10-11,14-17,21-27,30-31,34-35,37-41,62H,8-9,12-13,18-20,28-29H2,1-7H3,(H,53,67)(H,54,70)(H,55,64)(H,56,68)(H,57,65)(H,58,63)(H,59,66)/t30-,34+,35-,37-,38-,39-,40?,41+/m0/s1. The Kier molecular flexibility index (Phi) is 19.3. The van der Waals surface area contributed by atoms with E-state index in [-0.39, 0.29) is 31.1 Å². The summed E-state index contributed by atoms with van der Waals surface area (Å²) in [5.41, 5.74) is 0.162. The number of carbonyl (C=O) groups is 8. The van der Waals surface area contributed by atoms with Gasteiger partial charge in [0.05, 0.1) is 24.2 Å². The Balaban J connectivity index is 1.33. The van der Waals surface area contributed by atoms with Gasteiger partial charge in [-0.15, -0.1) is 0 Å². The van der Waals surface area contributed by atoms with Gasteiger partial charge in [0.15, 0.2) is 6.10 Å². The lowest BCUT2D eigenvalue weighted by Crippen LogP contribution is -2.61. The molecule has 2 aliphatic rings. The van der Waals surface area contributed by atoms with Crippen LogP contribution in [0.15, 0.2) is 79.3 Å². The lowest BCUT2D eigenvalue weighted by molar-refractivity contribution is -0.138. The Morgan fingerprint density at radius 2 is 1.44 bits per heavy atom. The highest BCUT2D eigenvalue weighted by molar-refractivity contribution is 5.98. The summed E-state index contributed by atoms with van der Waals surface area (Å²) in [7, 11) is 3.11. The van der Waals surface area contributed by atoms with Gasteiger partial charge in [0.1, 0.15) is 29.9 Å². The fourth-order valence-electron chi connectivity index (χ4n) is 8.69. The molecule has 1 aliphatic carbocycles. The minimum absolute atomic E-state index is 0.0334. The SMILES string of the molecule is CCC[C@H](NC(=O)[C@@H]1CN(C(=O)Nc2ccccc2)C[C@@H]1NC(=O)[C@@H](NC(=O)[C@@H](NC(=O)c1cnccn1)C1CCCCC1)C(C)(C)C)C(O)C(=O)N[C@@H](C)C(=O)N[C@H](C(=O)N(C)C)c1ccccc1. The summed E-state index contributed by atoms with van der Waals surface area (Å²) in [5, 5.41) is 30.9. The van der Waals surface area contributed by atoms with Crippen LogP contribution in [-0.4, -0.2) is 136 Å². The molecule has 1 saturated carbocycles. The number of para-hydroxylation sites is 1. The van der Waals surface area contributed by atoms with E-state index < -0.39 is 101 Å². The Bertz CT molecular complexity index is 2270. The van der Waals surface area contributed by atoms with Crippen molar-refractivity contribution in [2.24, 2.45) is 17.3 Å². The second-order valence-corrected chi connectivity index (χ2v) is 19.3. The number of aliphatic hydroxyl groups is 1. The molecule has 0 spiro atoms. The first-order valence-corrected chi connectivity index (χ1v) is 23.9. The predicted molar refractivity (Wildman–Crippen MR) is 260 cm³/mol. The number of nitrogens with zero attached hydrogens (tertiary/aromatic N) is 4. The minimum Gasteiger partial charge on any atom is -0.381 e. The van der Waals surface area contributed by atoms with E-state index in [9.17, 15) is 43.5 Å². The van der Waals surface area contributed by atoms with Crippen LogP contribution in [0.2, 0.25) is 0 Å². The minimum atomic E-state index is -1.84. The van der Waals surface area contributed by atoms with Crippen LogP contribution in [0.4, 0.5) is 10.5 Å². The molecule has 9 amide bonds. The second kappa shape index (κ2) is 25.1. The van der Waals surface area contributed by atoms with Gasteiger partial charge in [0.2, 0.25) is 29.5 Å². The van der Waals surface area contributed by atoms with Crippen molar-refractivity contribution in [2.45, 2.75) is 122 Å². The number of hydrogen-bond donors (Lipinski definition) is 8. The van der Waals surface area contributed by atoms with Gasteiger partial charge < -0.3 is 52.1 Å². The number of nitrogens with one attached hydrogen (secondary N) is 7. The van der Waals surface area contributed by atoms with E-state index in [1.807, 2.05) is 0 Å². The van der Waals surface area contributed by atoms with Gasteiger partial charge in [-0.3, -0.25) is 38.5 Å². The van der Waals surface area contributed by atoms with Crippen molar-refractivity contribution in [3.8, 4) is 0 Å². The summed E-state index contributed by atoms with van der Waals surface area (Å²) in [6.45, 7) is 8.19. The van der Waals surface area contributed by atoms with Crippen LogP contribution in [-0.2, 0) is 28.8 Å². The van der Waals surface area contributed by atoms with Crippen LogP contribution in [0.5, 0.6) is 0 Å². The summed E-state index contributed by atoms with van der Waals surface area (Å²) in [5.74, 6) is -5.84. The van der Waals surface area contributed by atoms with Gasteiger partial charge in [-0.1, -0.05) is 102 Å². The zero-order valence-electron chi connectivity index (χ0n) is 41.1. The van der Waals surface area contributed by atoms with Crippen molar-refractivity contribution in [3.05, 3.63) is 90.5 Å². The molecule has 1 aromatic heterocycles. The number of rotatable bonds is 19. The smallest absolute Gasteiger partial charge is 0.321 e. The van der Waals surface area contributed by atoms with Crippen molar-refractivity contribution >= 4 is 53.1 Å². The van der Waals surface area contributed by atoms with Crippen molar-refractivity contribution in [3.63, 3.8) is 0 Å². The van der Waals surface area contributed by atoms with Crippen LogP contribution < -0.4 is 37.2 Å². The lowest BCUT2D eigenvalue weighted by atomic mass is 9.82. The number of likely N-dealkylation sites (N-methyl/N-ethyl adjacent to an activating group) is 1. The highest BCUT2D eigenvalue weighted by Gasteiger charge is 2.45. The number of anilines is 1. The third-order valence-electron chi connectivity index (χ3n) is 12.6. The topological polar surface area (TPSA) is 273 Å². The van der Waals surface area contributed by atoms with Gasteiger partial charge in [-0.25, -0.2) is 9.78 Å². The third kappa shape index (κ3) is 14.8. The summed E-state index contributed by atoms with van der Waals surface area (Å²) in [6, 6.07) is 10.1. The number of hydrogen-bond acceptors (Lipinski definition) is 11. The van der Waals surface area contributed by atoms with Crippen LogP contribution in [0, 0.1) is 17.3 Å². The van der Waals surface area contributed by atoms with E-state index in [0.717, 1.165) is 19.3 Å². The maximum Gasteiger partial charge on any atom is 0.321 e. The highest BCUT2D eigenvalue weighted by Crippen LogP contribution is 2.29. The summed E-state index contributed by atoms with van der Waals surface area (Å²) in [6.07, 6.45) is 6.91. The molecule has 20 heteroatoms. The van der Waals surface area contributed by atoms with Gasteiger partial charge in [-0.2, -0.15) is 0 Å². The normalized spacial score (nSPS) is 18.6. The maximum absolute atomic E-state index is 14.5. The molecule has 2 fully saturated rings. The van der Waals surface area contributed by atoms with E-state index in [2.05, 4.69) is 47.2 Å². The van der Waals surface area contributed by atoms with Crippen molar-refractivity contribution < 1.29 is 43.5 Å². The fourth-order valence-corrected chi connectivity index (χ4v) is 8.69. The number of carbonyl (C=O) groups excluding carboxylic acids is 8. The van der Waals surface area contributed by atoms with E-state index in [1.54, 1.807) is 102 Å². The molecule has 1 saturated heterocycles. The molecule has 0 radical (unpaired) electrons. The zero-order valence-corrected chi connectivity index (χ0v) is 41.1. The first-order valence-electron chi connectivity index (χ1n) is 23.9. The molecule has 70 heavy (non-hydrogen) atoms. The van der Waals surface area contributed by atoms with Crippen molar-refractivity contribution in [1.29, 1.82) is 0 Å². The highest BCUT2D eigenvalue weighted by atomic mass is 16.3. The van der Waals surface area contributed by atoms with Crippen LogP contribution in [0.25, 0.3) is 0 Å². The molecule has 8 atom stereocenters. The van der Waals surface area contributed by atoms with Crippen LogP contribution in [0.3, 0.4) is 0 Å². The monoisotopic (exact) mass is 968 g/mol. The van der Waals surface area contributed by atoms with Crippen molar-refractivity contribution in [1.82, 2.24) is 51.7 Å². The van der Waals surface area contributed by atoms with E-state index in [0.29, 0.717) is 30.5 Å². The molecule has 5 rings (SSSR count). The Morgan fingerprint density at radius 3 is 2.04 bits per heavy atom. The molecular weight excluding hydrogens is 899 g/mol. The first kappa shape index (κ1) is 54.0. The number of benzene rings is 2. The van der Waals surface area contributed by atoms with Crippen LogP contribution >= 0.6 is 0 Å². The predicted octanol–water partition coefficient (Wildman–Crippen LogP) is 2.43. The third-order valence-corrected chi connectivity index (χ3v) is 12.6. The van der Waals surface area contributed by atoms with Gasteiger partial charge in [0.25, 0.3) is 11.8 Å². The first-order chi connectivity index (χ1) is 33.3. The Labute approximate surface area is 409 Å². The fraction of sp³-hybridized carbons (Fsp3) is 0.520. The molecule has 1 aliphatic heterocycles. The molecule has 2 aromatic carbocycles. The number of aromatic nitrogens is 2. The van der Waals surface area contributed by atoms with Crippen LogP contribution in [0.1, 0.15) is 102 Å². The molecule has 8 N–H and O–H groups in total. The molecule has 1 unspecified atom stereocenters. The average molecular weight is 968 g/mol. The molecule has 3 aromatic rings. The van der Waals surface area contributed by atoms with Gasteiger partial charge in [0, 0.05) is 45.3 Å². The Hall–Kier alpha value is -6.96. The average Bonchev–Trinajstić information content (AvgIpc) is 3.77. The molecular formula is C50H69N11O9. The molecule has 2 heterocycles. The Morgan fingerprint density at radius 1 is 0.786 bits per heavy atom. The largest absolute Gasteiger partial charge is 0.381 e. The molecule has 0 bridgehead atoms. The maximum atomic E-state index is 14.5. The van der Waals surface area contributed by atoms with E-state index >= 15 is 0 Å². The number of urea groups is 1. The summed E-state index contributed by atoms with van der Waals surface area (Å²) in [4.78, 5) is 121. The lowest BCUT2D eigenvalue weighted by Gasteiger charge is -2.35. The van der Waals surface area contributed by atoms with Crippen molar-refractivity contribution in [2.75, 3.05) is 32.5 Å². The van der Waals surface area contributed by atoms with E-state index in [4.69, 9.17) is 0 Å². The molecule has 378 valence electrons. The second-order valence-electron chi connectivity index (χ2n) is 19.3. The summed E-state index contributed by atoms with van der Waals surface area (Å²) >= 11 is 0. The number of likely N-dealkylation sites (tertiary alicyclic amines) is 1. The number of amides is 9.